The van der Waals surface area contributed by atoms with E-state index in [-0.39, 0.29) is 31.1 Å². The van der Waals surface area contributed by atoms with Crippen molar-refractivity contribution in [1.82, 2.24) is 0 Å². The molecule has 6 heteroatoms. The zero-order valence-electron chi connectivity index (χ0n) is 36.0. The van der Waals surface area contributed by atoms with E-state index in [1.165, 1.54) is 154 Å². The summed E-state index contributed by atoms with van der Waals surface area (Å²) in [5.41, 5.74) is 0. The van der Waals surface area contributed by atoms with Crippen molar-refractivity contribution in [3.05, 3.63) is 0 Å². The lowest BCUT2D eigenvalue weighted by atomic mass is 10.0. The van der Waals surface area contributed by atoms with Gasteiger partial charge in [-0.25, -0.2) is 0 Å². The molecule has 0 aromatic heterocycles. The van der Waals surface area contributed by atoms with Crippen molar-refractivity contribution in [2.75, 3.05) is 13.2 Å². The van der Waals surface area contributed by atoms with E-state index in [4.69, 9.17) is 14.2 Å². The smallest absolute Gasteiger partial charge is 0.306 e. The van der Waals surface area contributed by atoms with E-state index in [1.54, 1.807) is 0 Å². The third-order valence-corrected chi connectivity index (χ3v) is 10.5. The van der Waals surface area contributed by atoms with Crippen LogP contribution in [0.1, 0.15) is 259 Å². The molecule has 0 fully saturated rings. The summed E-state index contributed by atoms with van der Waals surface area (Å²) in [5.74, 6) is -0.0481. The molecular formula is C47H90O6. The molecule has 0 aliphatic carbocycles. The summed E-state index contributed by atoms with van der Waals surface area (Å²) in [5, 5.41) is 0. The van der Waals surface area contributed by atoms with Gasteiger partial charge in [0.15, 0.2) is 6.10 Å². The van der Waals surface area contributed by atoms with Crippen LogP contribution in [0.3, 0.4) is 0 Å². The third kappa shape index (κ3) is 41.4. The highest BCUT2D eigenvalue weighted by molar-refractivity contribution is 5.71. The first-order valence-corrected chi connectivity index (χ1v) is 23.4. The normalized spacial score (nSPS) is 11.9. The summed E-state index contributed by atoms with van der Waals surface area (Å²) in [7, 11) is 0. The second-order valence-electron chi connectivity index (χ2n) is 16.5. The highest BCUT2D eigenvalue weighted by Gasteiger charge is 2.19. The molecule has 0 spiro atoms. The first-order valence-electron chi connectivity index (χ1n) is 23.4. The fourth-order valence-electron chi connectivity index (χ4n) is 6.98. The lowest BCUT2D eigenvalue weighted by Crippen LogP contribution is -2.30. The molecule has 0 radical (unpaired) electrons. The SMILES string of the molecule is CCCCCCCCCCCCCCCC(=O)OC[C@@H](COC(=O)CCCCCCCCCCCC)OC(=O)CCCCCCCCCCCC(C)C. The number of hydrogen-bond acceptors (Lipinski definition) is 6. The fourth-order valence-corrected chi connectivity index (χ4v) is 6.98. The second-order valence-corrected chi connectivity index (χ2v) is 16.5. The van der Waals surface area contributed by atoms with Gasteiger partial charge in [-0.1, -0.05) is 220 Å². The van der Waals surface area contributed by atoms with Gasteiger partial charge in [0.05, 0.1) is 0 Å². The molecule has 314 valence electrons. The van der Waals surface area contributed by atoms with Gasteiger partial charge in [0, 0.05) is 19.3 Å². The van der Waals surface area contributed by atoms with Gasteiger partial charge in [-0.3, -0.25) is 14.4 Å². The molecule has 0 aromatic carbocycles. The zero-order chi connectivity index (χ0) is 38.9. The number of unbranched alkanes of at least 4 members (excludes halogenated alkanes) is 29. The lowest BCUT2D eigenvalue weighted by molar-refractivity contribution is -0.167. The van der Waals surface area contributed by atoms with Crippen molar-refractivity contribution in [2.45, 2.75) is 265 Å². The second kappa shape index (κ2) is 41.6. The Bertz CT molecular complexity index is 796. The molecular weight excluding hydrogens is 661 g/mol. The van der Waals surface area contributed by atoms with Crippen LogP contribution >= 0.6 is 0 Å². The van der Waals surface area contributed by atoms with Crippen molar-refractivity contribution in [3.63, 3.8) is 0 Å². The van der Waals surface area contributed by atoms with Crippen molar-refractivity contribution in [2.24, 2.45) is 5.92 Å². The van der Waals surface area contributed by atoms with Crippen LogP contribution in [-0.2, 0) is 28.6 Å². The Morgan fingerprint density at radius 3 is 0.925 bits per heavy atom. The zero-order valence-corrected chi connectivity index (χ0v) is 36.0. The van der Waals surface area contributed by atoms with Crippen LogP contribution in [0.2, 0.25) is 0 Å². The number of ether oxygens (including phenoxy) is 3. The molecule has 0 saturated carbocycles. The monoisotopic (exact) mass is 751 g/mol. The van der Waals surface area contributed by atoms with Gasteiger partial charge in [0.1, 0.15) is 13.2 Å². The summed E-state index contributed by atoms with van der Waals surface area (Å²) in [6.07, 6.45) is 40.8. The van der Waals surface area contributed by atoms with Crippen molar-refractivity contribution in [3.8, 4) is 0 Å². The highest BCUT2D eigenvalue weighted by atomic mass is 16.6. The number of rotatable bonds is 42. The van der Waals surface area contributed by atoms with Gasteiger partial charge < -0.3 is 14.2 Å². The van der Waals surface area contributed by atoms with Gasteiger partial charge >= 0.3 is 17.9 Å². The Hall–Kier alpha value is -1.59. The largest absolute Gasteiger partial charge is 0.462 e. The molecule has 0 rings (SSSR count). The maximum Gasteiger partial charge on any atom is 0.306 e. The van der Waals surface area contributed by atoms with Crippen LogP contribution in [0.5, 0.6) is 0 Å². The van der Waals surface area contributed by atoms with Crippen LogP contribution in [0, 0.1) is 5.92 Å². The van der Waals surface area contributed by atoms with Crippen molar-refractivity contribution >= 4 is 17.9 Å². The van der Waals surface area contributed by atoms with Gasteiger partial charge in [0.25, 0.3) is 0 Å². The molecule has 0 aliphatic heterocycles. The van der Waals surface area contributed by atoms with Crippen LogP contribution in [0.25, 0.3) is 0 Å². The van der Waals surface area contributed by atoms with E-state index in [0.717, 1.165) is 63.7 Å². The summed E-state index contributed by atoms with van der Waals surface area (Å²) in [6.45, 7) is 8.97. The van der Waals surface area contributed by atoms with Gasteiger partial charge in [-0.15, -0.1) is 0 Å². The predicted molar refractivity (Wildman–Crippen MR) is 224 cm³/mol. The van der Waals surface area contributed by atoms with Gasteiger partial charge in [0.2, 0.25) is 0 Å². The van der Waals surface area contributed by atoms with E-state index in [9.17, 15) is 14.4 Å². The average Bonchev–Trinajstić information content (AvgIpc) is 3.14. The van der Waals surface area contributed by atoms with Crippen molar-refractivity contribution < 1.29 is 28.6 Å². The number of hydrogen-bond donors (Lipinski definition) is 0. The van der Waals surface area contributed by atoms with Crippen LogP contribution < -0.4 is 0 Å². The number of carbonyl (C=O) groups is 3. The van der Waals surface area contributed by atoms with Crippen molar-refractivity contribution in [1.29, 1.82) is 0 Å². The Balaban J connectivity index is 4.32. The van der Waals surface area contributed by atoms with Gasteiger partial charge in [-0.05, 0) is 25.2 Å². The predicted octanol–water partition coefficient (Wildman–Crippen LogP) is 14.7. The van der Waals surface area contributed by atoms with Crippen LogP contribution in [0.15, 0.2) is 0 Å². The molecule has 0 amide bonds. The summed E-state index contributed by atoms with van der Waals surface area (Å²) in [4.78, 5) is 37.7. The Kier molecular flexibility index (Phi) is 40.3. The molecule has 0 unspecified atom stereocenters. The van der Waals surface area contributed by atoms with E-state index < -0.39 is 6.10 Å². The molecule has 6 nitrogen and oxygen atoms in total. The molecule has 0 aromatic rings. The van der Waals surface area contributed by atoms with E-state index in [2.05, 4.69) is 27.7 Å². The maximum absolute atomic E-state index is 12.7. The first kappa shape index (κ1) is 51.4. The minimum atomic E-state index is -0.759. The molecule has 1 atom stereocenters. The highest BCUT2D eigenvalue weighted by Crippen LogP contribution is 2.16. The Morgan fingerprint density at radius 2 is 0.623 bits per heavy atom. The molecule has 0 saturated heterocycles. The average molecular weight is 751 g/mol. The summed E-state index contributed by atoms with van der Waals surface area (Å²) < 4.78 is 16.7. The first-order chi connectivity index (χ1) is 25.9. The van der Waals surface area contributed by atoms with E-state index in [1.807, 2.05) is 0 Å². The quantitative estimate of drug-likeness (QED) is 0.0351. The number of carbonyl (C=O) groups excluding carboxylic acids is 3. The maximum atomic E-state index is 12.7. The molecule has 53 heavy (non-hydrogen) atoms. The van der Waals surface area contributed by atoms with E-state index in [0.29, 0.717) is 19.3 Å². The van der Waals surface area contributed by atoms with E-state index >= 15 is 0 Å². The molecule has 0 N–H and O–H groups in total. The molecule has 0 heterocycles. The Labute approximate surface area is 329 Å². The summed E-state index contributed by atoms with van der Waals surface area (Å²) >= 11 is 0. The topological polar surface area (TPSA) is 78.9 Å². The minimum absolute atomic E-state index is 0.0638. The molecule has 0 bridgehead atoms. The fraction of sp³-hybridized carbons (Fsp3) is 0.936. The minimum Gasteiger partial charge on any atom is -0.462 e. The lowest BCUT2D eigenvalue weighted by Gasteiger charge is -2.18. The van der Waals surface area contributed by atoms with Crippen LogP contribution in [-0.4, -0.2) is 37.2 Å². The standard InChI is InChI=1S/C47H90O6/c1-5-7-9-11-13-15-17-18-19-23-27-31-35-39-46(49)52-42-44(41-51-45(48)38-34-30-26-22-16-14-12-10-8-6-2)53-47(50)40-36-32-28-24-20-21-25-29-33-37-43(3)4/h43-44H,5-42H2,1-4H3/t44-/m1/s1. The third-order valence-electron chi connectivity index (χ3n) is 10.5. The number of esters is 3. The van der Waals surface area contributed by atoms with Crippen LogP contribution in [0.4, 0.5) is 0 Å². The Morgan fingerprint density at radius 1 is 0.358 bits per heavy atom. The van der Waals surface area contributed by atoms with Gasteiger partial charge in [-0.2, -0.15) is 0 Å². The summed E-state index contributed by atoms with van der Waals surface area (Å²) in [6, 6.07) is 0. The molecule has 0 aliphatic rings.